The topological polar surface area (TPSA) is 72.6 Å². The Morgan fingerprint density at radius 2 is 1.83 bits per heavy atom. The number of likely N-dealkylation sites (N-methyl/N-ethyl adjacent to an activating group) is 1. The minimum absolute atomic E-state index is 0.151. The summed E-state index contributed by atoms with van der Waals surface area (Å²) in [7, 11) is 3.32. The zero-order valence-electron chi connectivity index (χ0n) is 18.9. The van der Waals surface area contributed by atoms with E-state index in [1.807, 2.05) is 71.6 Å². The van der Waals surface area contributed by atoms with Crippen LogP contribution in [0.15, 0.2) is 89.0 Å². The minimum atomic E-state index is -0.151. The summed E-state index contributed by atoms with van der Waals surface area (Å²) in [6, 6.07) is 21.0. The molecule has 0 radical (unpaired) electrons. The molecule has 0 aliphatic carbocycles. The van der Waals surface area contributed by atoms with Crippen LogP contribution in [0.5, 0.6) is 5.75 Å². The molecule has 1 aliphatic heterocycles. The molecule has 0 N–H and O–H groups in total. The lowest BCUT2D eigenvalue weighted by Crippen LogP contribution is -2.23. The van der Waals surface area contributed by atoms with Crippen LogP contribution in [0.25, 0.3) is 23.0 Å². The molecule has 5 rings (SSSR count). The number of methoxy groups -OCH3 is 1. The molecule has 1 fully saturated rings. The highest BCUT2D eigenvalue weighted by Gasteiger charge is 2.31. The van der Waals surface area contributed by atoms with Crippen molar-refractivity contribution in [2.75, 3.05) is 14.2 Å². The molecule has 174 valence electrons. The Morgan fingerprint density at radius 1 is 1.06 bits per heavy atom. The van der Waals surface area contributed by atoms with E-state index < -0.39 is 0 Å². The second-order valence-corrected chi connectivity index (χ2v) is 8.99. The second-order valence-electron chi connectivity index (χ2n) is 7.62. The number of carbonyl (C=O) groups is 1. The molecule has 1 saturated heterocycles. The van der Waals surface area contributed by atoms with Crippen LogP contribution in [0, 0.1) is 0 Å². The number of ether oxygens (including phenoxy) is 1. The number of carbonyl (C=O) groups excluding carboxylic acids is 1. The lowest BCUT2D eigenvalue weighted by atomic mass is 10.1. The average Bonchev–Trinajstić information content (AvgIpc) is 3.43. The van der Waals surface area contributed by atoms with Crippen LogP contribution < -0.4 is 4.74 Å². The van der Waals surface area contributed by atoms with E-state index in [0.717, 1.165) is 28.3 Å². The third-order valence-electron chi connectivity index (χ3n) is 5.37. The summed E-state index contributed by atoms with van der Waals surface area (Å²) in [5, 5.41) is 5.64. The predicted molar refractivity (Wildman–Crippen MR) is 140 cm³/mol. The smallest absolute Gasteiger partial charge is 0.266 e. The summed E-state index contributed by atoms with van der Waals surface area (Å²) in [5.74, 6) is 0.608. The Hall–Kier alpha value is -3.88. The third-order valence-corrected chi connectivity index (χ3v) is 6.72. The van der Waals surface area contributed by atoms with Crippen LogP contribution in [0.3, 0.4) is 0 Å². The SMILES string of the molecule is COc1ccc(-c2nn(-c3ccccc3)cc2/C=C2\SC(=Nc3cccnc3Cl)N(C)C2=O)cc1. The normalized spacial score (nSPS) is 15.9. The van der Waals surface area contributed by atoms with Gasteiger partial charge in [0.05, 0.1) is 23.4 Å². The van der Waals surface area contributed by atoms with E-state index in [1.54, 1.807) is 32.5 Å². The summed E-state index contributed by atoms with van der Waals surface area (Å²) in [5.41, 5.74) is 3.90. The number of halogens is 1. The number of pyridine rings is 1. The van der Waals surface area contributed by atoms with Gasteiger partial charge in [0.25, 0.3) is 5.91 Å². The zero-order valence-corrected chi connectivity index (χ0v) is 20.5. The second kappa shape index (κ2) is 9.77. The van der Waals surface area contributed by atoms with Crippen molar-refractivity contribution in [3.63, 3.8) is 0 Å². The number of thioether (sulfide) groups is 1. The third kappa shape index (κ3) is 4.71. The van der Waals surface area contributed by atoms with Crippen LogP contribution in [-0.2, 0) is 4.79 Å². The fraction of sp³-hybridized carbons (Fsp3) is 0.0769. The van der Waals surface area contributed by atoms with Gasteiger partial charge >= 0.3 is 0 Å². The highest BCUT2D eigenvalue weighted by molar-refractivity contribution is 8.18. The van der Waals surface area contributed by atoms with Gasteiger partial charge in [-0.15, -0.1) is 0 Å². The van der Waals surface area contributed by atoms with Gasteiger partial charge in [0.2, 0.25) is 0 Å². The first-order valence-corrected chi connectivity index (χ1v) is 11.9. The summed E-state index contributed by atoms with van der Waals surface area (Å²) in [6.45, 7) is 0. The molecule has 4 aromatic rings. The molecule has 2 aromatic carbocycles. The minimum Gasteiger partial charge on any atom is -0.497 e. The Bertz CT molecular complexity index is 1450. The lowest BCUT2D eigenvalue weighted by Gasteiger charge is -2.07. The van der Waals surface area contributed by atoms with Crippen molar-refractivity contribution >= 4 is 46.2 Å². The van der Waals surface area contributed by atoms with E-state index in [9.17, 15) is 4.79 Å². The standard InChI is InChI=1S/C26H20ClN5O2S/c1-31-25(33)22(35-26(31)29-21-9-6-14-28-24(21)27)15-18-16-32(19-7-4-3-5-8-19)30-23(18)17-10-12-20(34-2)13-11-17/h3-16H,1-2H3/b22-15-,29-26?. The molecule has 0 saturated carbocycles. The van der Waals surface area contributed by atoms with Gasteiger partial charge in [-0.2, -0.15) is 5.10 Å². The molecule has 0 atom stereocenters. The van der Waals surface area contributed by atoms with Crippen molar-refractivity contribution in [1.82, 2.24) is 19.7 Å². The number of aromatic nitrogens is 3. The Balaban J connectivity index is 1.56. The van der Waals surface area contributed by atoms with Gasteiger partial charge in [0.15, 0.2) is 10.3 Å². The quantitative estimate of drug-likeness (QED) is 0.254. The van der Waals surface area contributed by atoms with Gasteiger partial charge in [-0.3, -0.25) is 9.69 Å². The number of hydrogen-bond donors (Lipinski definition) is 0. The highest BCUT2D eigenvalue weighted by Crippen LogP contribution is 2.36. The van der Waals surface area contributed by atoms with Gasteiger partial charge < -0.3 is 4.74 Å². The number of amidine groups is 1. The van der Waals surface area contributed by atoms with Crippen molar-refractivity contribution in [1.29, 1.82) is 0 Å². The first-order chi connectivity index (χ1) is 17.0. The van der Waals surface area contributed by atoms with Crippen molar-refractivity contribution in [3.8, 4) is 22.7 Å². The van der Waals surface area contributed by atoms with Gasteiger partial charge in [0, 0.05) is 30.6 Å². The van der Waals surface area contributed by atoms with Crippen LogP contribution in [-0.4, -0.2) is 44.9 Å². The largest absolute Gasteiger partial charge is 0.497 e. The Morgan fingerprint density at radius 3 is 2.54 bits per heavy atom. The Kier molecular flexibility index (Phi) is 6.39. The molecular weight excluding hydrogens is 482 g/mol. The van der Waals surface area contributed by atoms with E-state index >= 15 is 0 Å². The van der Waals surface area contributed by atoms with Gasteiger partial charge in [-0.1, -0.05) is 29.8 Å². The van der Waals surface area contributed by atoms with E-state index in [-0.39, 0.29) is 11.1 Å². The molecule has 3 heterocycles. The Labute approximate surface area is 211 Å². The number of amides is 1. The molecular formula is C26H20ClN5O2S. The number of nitrogens with zero attached hydrogens (tertiary/aromatic N) is 5. The summed E-state index contributed by atoms with van der Waals surface area (Å²) in [4.78, 5) is 23.7. The zero-order chi connectivity index (χ0) is 24.4. The number of para-hydroxylation sites is 1. The van der Waals surface area contributed by atoms with Crippen LogP contribution >= 0.6 is 23.4 Å². The molecule has 1 aliphatic rings. The highest BCUT2D eigenvalue weighted by atomic mass is 35.5. The van der Waals surface area contributed by atoms with Gasteiger partial charge in [-0.05, 0) is 66.4 Å². The number of benzene rings is 2. The maximum atomic E-state index is 13.1. The van der Waals surface area contributed by atoms with Crippen LogP contribution in [0.4, 0.5) is 5.69 Å². The van der Waals surface area contributed by atoms with Crippen molar-refractivity contribution < 1.29 is 9.53 Å². The number of hydrogen-bond acceptors (Lipinski definition) is 6. The van der Waals surface area contributed by atoms with Crippen LogP contribution in [0.2, 0.25) is 5.15 Å². The molecule has 2 aromatic heterocycles. The van der Waals surface area contributed by atoms with Gasteiger partial charge in [-0.25, -0.2) is 14.7 Å². The van der Waals surface area contributed by atoms with Gasteiger partial charge in [0.1, 0.15) is 11.4 Å². The van der Waals surface area contributed by atoms with E-state index in [1.165, 1.54) is 16.7 Å². The van der Waals surface area contributed by atoms with Crippen molar-refractivity contribution in [2.24, 2.45) is 4.99 Å². The molecule has 0 spiro atoms. The van der Waals surface area contributed by atoms with E-state index in [0.29, 0.717) is 15.8 Å². The van der Waals surface area contributed by atoms with E-state index in [4.69, 9.17) is 21.4 Å². The number of aliphatic imine (C=N–C) groups is 1. The predicted octanol–water partition coefficient (Wildman–Crippen LogP) is 5.83. The molecule has 1 amide bonds. The summed E-state index contributed by atoms with van der Waals surface area (Å²) in [6.07, 6.45) is 5.37. The average molecular weight is 502 g/mol. The first-order valence-electron chi connectivity index (χ1n) is 10.7. The molecule has 7 nitrogen and oxygen atoms in total. The summed E-state index contributed by atoms with van der Waals surface area (Å²) >= 11 is 7.44. The molecule has 35 heavy (non-hydrogen) atoms. The lowest BCUT2D eigenvalue weighted by molar-refractivity contribution is -0.121. The maximum absolute atomic E-state index is 13.1. The monoisotopic (exact) mass is 501 g/mol. The maximum Gasteiger partial charge on any atom is 0.266 e. The van der Waals surface area contributed by atoms with Crippen molar-refractivity contribution in [3.05, 3.63) is 94.7 Å². The van der Waals surface area contributed by atoms with E-state index in [2.05, 4.69) is 9.98 Å². The van der Waals surface area contributed by atoms with Crippen LogP contribution in [0.1, 0.15) is 5.56 Å². The fourth-order valence-corrected chi connectivity index (χ4v) is 4.67. The first kappa shape index (κ1) is 22.9. The molecule has 0 unspecified atom stereocenters. The molecule has 9 heteroatoms. The summed E-state index contributed by atoms with van der Waals surface area (Å²) < 4.78 is 7.10. The number of rotatable bonds is 5. The fourth-order valence-electron chi connectivity index (χ4n) is 3.54. The van der Waals surface area contributed by atoms with Crippen molar-refractivity contribution in [2.45, 2.75) is 0 Å². The molecule has 0 bridgehead atoms.